The zero-order chi connectivity index (χ0) is 16.1. The van der Waals surface area contributed by atoms with Crippen LogP contribution in [-0.2, 0) is 4.74 Å². The lowest BCUT2D eigenvalue weighted by Gasteiger charge is -2.26. The van der Waals surface area contributed by atoms with Crippen molar-refractivity contribution < 1.29 is 9.53 Å². The molecule has 0 spiro atoms. The van der Waals surface area contributed by atoms with E-state index in [2.05, 4.69) is 16.8 Å². The van der Waals surface area contributed by atoms with Gasteiger partial charge in [-0.3, -0.25) is 4.79 Å². The summed E-state index contributed by atoms with van der Waals surface area (Å²) in [6, 6.07) is 10.9. The second-order valence-corrected chi connectivity index (χ2v) is 5.53. The van der Waals surface area contributed by atoms with Crippen LogP contribution in [0.3, 0.4) is 0 Å². The number of carbonyl (C=O) groups excluding carboxylic acids is 1. The minimum absolute atomic E-state index is 0.0670. The van der Waals surface area contributed by atoms with Crippen molar-refractivity contribution >= 4 is 17.5 Å². The lowest BCUT2D eigenvalue weighted by Crippen LogP contribution is -2.41. The highest BCUT2D eigenvalue weighted by atomic mass is 35.5. The van der Waals surface area contributed by atoms with Gasteiger partial charge in [0, 0.05) is 35.4 Å². The summed E-state index contributed by atoms with van der Waals surface area (Å²) < 4.78 is 5.25. The number of nitrogens with zero attached hydrogens (tertiary/aromatic N) is 2. The quantitative estimate of drug-likeness (QED) is 0.757. The molecule has 0 N–H and O–H groups in total. The standard InChI is InChI=1S/C18H15ClN2O2/c19-16-3-1-2-14(12-16)4-5-15-6-7-17(20-13-15)18(22)21-8-10-23-11-9-21/h1-3,6-7,12-13H,8-11H2. The molecule has 2 aromatic rings. The molecular formula is C18H15ClN2O2. The number of pyridine rings is 1. The first kappa shape index (κ1) is 15.5. The van der Waals surface area contributed by atoms with E-state index in [1.165, 1.54) is 0 Å². The van der Waals surface area contributed by atoms with Gasteiger partial charge in [-0.2, -0.15) is 0 Å². The monoisotopic (exact) mass is 326 g/mol. The van der Waals surface area contributed by atoms with Gasteiger partial charge in [0.2, 0.25) is 0 Å². The highest BCUT2D eigenvalue weighted by Crippen LogP contribution is 2.10. The molecule has 0 saturated carbocycles. The molecule has 2 heterocycles. The molecule has 0 radical (unpaired) electrons. The first-order chi connectivity index (χ1) is 11.2. The molecule has 1 aliphatic heterocycles. The van der Waals surface area contributed by atoms with Gasteiger partial charge in [-0.05, 0) is 30.3 Å². The van der Waals surface area contributed by atoms with Crippen LogP contribution in [0.2, 0.25) is 5.02 Å². The number of ether oxygens (including phenoxy) is 1. The number of rotatable bonds is 1. The van der Waals surface area contributed by atoms with Crippen LogP contribution in [0.5, 0.6) is 0 Å². The largest absolute Gasteiger partial charge is 0.378 e. The second kappa shape index (κ2) is 7.28. The van der Waals surface area contributed by atoms with Crippen LogP contribution < -0.4 is 0 Å². The summed E-state index contributed by atoms with van der Waals surface area (Å²) in [5.41, 5.74) is 2.02. The van der Waals surface area contributed by atoms with Gasteiger partial charge in [-0.1, -0.05) is 29.5 Å². The van der Waals surface area contributed by atoms with E-state index in [9.17, 15) is 4.79 Å². The molecule has 1 aromatic carbocycles. The van der Waals surface area contributed by atoms with Crippen molar-refractivity contribution in [3.05, 3.63) is 64.4 Å². The Hall–Kier alpha value is -2.35. The first-order valence-corrected chi connectivity index (χ1v) is 7.71. The molecule has 116 valence electrons. The molecule has 23 heavy (non-hydrogen) atoms. The van der Waals surface area contributed by atoms with Crippen molar-refractivity contribution in [3.63, 3.8) is 0 Å². The molecule has 0 atom stereocenters. The summed E-state index contributed by atoms with van der Waals surface area (Å²) in [7, 11) is 0. The van der Waals surface area contributed by atoms with Gasteiger partial charge in [0.1, 0.15) is 5.69 Å². The smallest absolute Gasteiger partial charge is 0.272 e. The Kier molecular flexibility index (Phi) is 4.92. The number of hydrogen-bond donors (Lipinski definition) is 0. The number of aromatic nitrogens is 1. The Labute approximate surface area is 140 Å². The molecule has 1 saturated heterocycles. The predicted octanol–water partition coefficient (Wildman–Crippen LogP) is 2.61. The van der Waals surface area contributed by atoms with Crippen LogP contribution in [0.1, 0.15) is 21.6 Å². The maximum atomic E-state index is 12.3. The van der Waals surface area contributed by atoms with Gasteiger partial charge in [0.15, 0.2) is 0 Å². The molecule has 1 aliphatic rings. The Balaban J connectivity index is 1.71. The summed E-state index contributed by atoms with van der Waals surface area (Å²) >= 11 is 5.92. The number of halogens is 1. The molecule has 0 aliphatic carbocycles. The number of hydrogen-bond acceptors (Lipinski definition) is 3. The van der Waals surface area contributed by atoms with Crippen LogP contribution in [-0.4, -0.2) is 42.1 Å². The Bertz CT molecular complexity index is 757. The van der Waals surface area contributed by atoms with Crippen molar-refractivity contribution in [3.8, 4) is 11.8 Å². The van der Waals surface area contributed by atoms with E-state index in [0.29, 0.717) is 37.0 Å². The Morgan fingerprint density at radius 2 is 1.91 bits per heavy atom. The zero-order valence-corrected chi connectivity index (χ0v) is 13.2. The molecule has 5 heteroatoms. The van der Waals surface area contributed by atoms with E-state index in [-0.39, 0.29) is 5.91 Å². The maximum absolute atomic E-state index is 12.3. The van der Waals surface area contributed by atoms with Gasteiger partial charge in [-0.15, -0.1) is 0 Å². The highest BCUT2D eigenvalue weighted by molar-refractivity contribution is 6.30. The van der Waals surface area contributed by atoms with Crippen LogP contribution in [0, 0.1) is 11.8 Å². The lowest BCUT2D eigenvalue weighted by atomic mass is 10.2. The van der Waals surface area contributed by atoms with Gasteiger partial charge in [0.05, 0.1) is 13.2 Å². The normalized spacial score (nSPS) is 14.0. The third kappa shape index (κ3) is 4.10. The van der Waals surface area contributed by atoms with E-state index in [4.69, 9.17) is 16.3 Å². The fourth-order valence-electron chi connectivity index (χ4n) is 2.23. The van der Waals surface area contributed by atoms with Crippen molar-refractivity contribution in [1.29, 1.82) is 0 Å². The molecule has 0 bridgehead atoms. The third-order valence-electron chi connectivity index (χ3n) is 3.46. The van der Waals surface area contributed by atoms with Crippen LogP contribution in [0.15, 0.2) is 42.6 Å². The average molecular weight is 327 g/mol. The molecule has 0 unspecified atom stereocenters. The van der Waals surface area contributed by atoms with Crippen molar-refractivity contribution in [2.45, 2.75) is 0 Å². The SMILES string of the molecule is O=C(c1ccc(C#Cc2cccc(Cl)c2)cn1)N1CCOCC1. The highest BCUT2D eigenvalue weighted by Gasteiger charge is 2.19. The van der Waals surface area contributed by atoms with E-state index in [0.717, 1.165) is 11.1 Å². The van der Waals surface area contributed by atoms with Crippen LogP contribution in [0.25, 0.3) is 0 Å². The molecule has 3 rings (SSSR count). The third-order valence-corrected chi connectivity index (χ3v) is 3.69. The zero-order valence-electron chi connectivity index (χ0n) is 12.5. The first-order valence-electron chi connectivity index (χ1n) is 7.33. The van der Waals surface area contributed by atoms with E-state index in [1.807, 2.05) is 12.1 Å². The minimum Gasteiger partial charge on any atom is -0.378 e. The maximum Gasteiger partial charge on any atom is 0.272 e. The molecule has 1 fully saturated rings. The van der Waals surface area contributed by atoms with E-state index < -0.39 is 0 Å². The number of morpholine rings is 1. The number of carbonyl (C=O) groups is 1. The van der Waals surface area contributed by atoms with E-state index in [1.54, 1.807) is 35.4 Å². The fraction of sp³-hybridized carbons (Fsp3) is 0.222. The molecule has 4 nitrogen and oxygen atoms in total. The van der Waals surface area contributed by atoms with Gasteiger partial charge in [-0.25, -0.2) is 4.98 Å². The van der Waals surface area contributed by atoms with Crippen molar-refractivity contribution in [1.82, 2.24) is 9.88 Å². The summed E-state index contributed by atoms with van der Waals surface area (Å²) in [4.78, 5) is 18.3. The summed E-state index contributed by atoms with van der Waals surface area (Å²) in [5.74, 6) is 5.98. The molecular weight excluding hydrogens is 312 g/mol. The lowest BCUT2D eigenvalue weighted by molar-refractivity contribution is 0.0299. The van der Waals surface area contributed by atoms with Gasteiger partial charge >= 0.3 is 0 Å². The van der Waals surface area contributed by atoms with Crippen LogP contribution >= 0.6 is 11.6 Å². The second-order valence-electron chi connectivity index (χ2n) is 5.10. The Morgan fingerprint density at radius 3 is 2.61 bits per heavy atom. The summed E-state index contributed by atoms with van der Waals surface area (Å²) in [6.07, 6.45) is 1.62. The number of amides is 1. The van der Waals surface area contributed by atoms with Gasteiger partial charge < -0.3 is 9.64 Å². The van der Waals surface area contributed by atoms with Crippen molar-refractivity contribution in [2.24, 2.45) is 0 Å². The average Bonchev–Trinajstić information content (AvgIpc) is 2.61. The molecule has 1 aromatic heterocycles. The van der Waals surface area contributed by atoms with Crippen molar-refractivity contribution in [2.75, 3.05) is 26.3 Å². The fourth-order valence-corrected chi connectivity index (χ4v) is 2.42. The molecule has 1 amide bonds. The van der Waals surface area contributed by atoms with Gasteiger partial charge in [0.25, 0.3) is 5.91 Å². The summed E-state index contributed by atoms with van der Waals surface area (Å²) in [6.45, 7) is 2.37. The predicted molar refractivity (Wildman–Crippen MR) is 88.4 cm³/mol. The summed E-state index contributed by atoms with van der Waals surface area (Å²) in [5, 5.41) is 0.654. The topological polar surface area (TPSA) is 42.4 Å². The van der Waals surface area contributed by atoms with Crippen LogP contribution in [0.4, 0.5) is 0 Å². The number of benzene rings is 1. The van der Waals surface area contributed by atoms with E-state index >= 15 is 0 Å². The Morgan fingerprint density at radius 1 is 1.13 bits per heavy atom. The minimum atomic E-state index is -0.0670.